The molecular formula is C23H21ClN2O4. The molecule has 3 rings (SSSR count). The summed E-state index contributed by atoms with van der Waals surface area (Å²) in [4.78, 5) is 12.3. The van der Waals surface area contributed by atoms with E-state index in [-0.39, 0.29) is 11.3 Å². The van der Waals surface area contributed by atoms with Crippen LogP contribution in [0.4, 0.5) is 0 Å². The summed E-state index contributed by atoms with van der Waals surface area (Å²) in [5.41, 5.74) is 4.81. The minimum absolute atomic E-state index is 0.0429. The van der Waals surface area contributed by atoms with Gasteiger partial charge in [-0.25, -0.2) is 5.43 Å². The molecule has 154 valence electrons. The third kappa shape index (κ3) is 5.30. The summed E-state index contributed by atoms with van der Waals surface area (Å²) < 4.78 is 11.3. The van der Waals surface area contributed by atoms with Gasteiger partial charge in [-0.05, 0) is 48.9 Å². The van der Waals surface area contributed by atoms with Gasteiger partial charge in [-0.1, -0.05) is 41.9 Å². The first-order valence-electron chi connectivity index (χ1n) is 9.16. The maximum Gasteiger partial charge on any atom is 0.275 e. The fraction of sp³-hybridized carbons (Fsp3) is 0.130. The van der Waals surface area contributed by atoms with Crippen LogP contribution in [0, 0.1) is 0 Å². The van der Waals surface area contributed by atoms with Gasteiger partial charge in [0.25, 0.3) is 5.91 Å². The predicted octanol–water partition coefficient (Wildman–Crippen LogP) is 4.79. The van der Waals surface area contributed by atoms with E-state index in [4.69, 9.17) is 21.1 Å². The lowest BCUT2D eigenvalue weighted by Crippen LogP contribution is -2.19. The zero-order chi connectivity index (χ0) is 21.5. The SMILES string of the molecule is COc1cc(C(C)=NNC(=O)c2cc(Cl)ccc2O)ccc1OCc1ccccc1. The summed E-state index contributed by atoms with van der Waals surface area (Å²) in [6.45, 7) is 2.17. The number of amides is 1. The molecule has 2 N–H and O–H groups in total. The largest absolute Gasteiger partial charge is 0.507 e. The number of rotatable bonds is 7. The lowest BCUT2D eigenvalue weighted by atomic mass is 10.1. The molecular weight excluding hydrogens is 404 g/mol. The number of hydrogen-bond donors (Lipinski definition) is 2. The Balaban J connectivity index is 1.71. The molecule has 0 radical (unpaired) electrons. The molecule has 0 heterocycles. The first-order chi connectivity index (χ1) is 14.5. The van der Waals surface area contributed by atoms with Crippen LogP contribution >= 0.6 is 11.6 Å². The minimum Gasteiger partial charge on any atom is -0.507 e. The summed E-state index contributed by atoms with van der Waals surface area (Å²) in [5, 5.41) is 14.3. The molecule has 0 aliphatic carbocycles. The van der Waals surface area contributed by atoms with Crippen molar-refractivity contribution >= 4 is 23.2 Å². The number of carbonyl (C=O) groups excluding carboxylic acids is 1. The van der Waals surface area contributed by atoms with E-state index in [0.29, 0.717) is 28.8 Å². The van der Waals surface area contributed by atoms with Crippen molar-refractivity contribution in [2.24, 2.45) is 5.10 Å². The second-order valence-electron chi connectivity index (χ2n) is 6.44. The highest BCUT2D eigenvalue weighted by Gasteiger charge is 2.12. The maximum absolute atomic E-state index is 12.3. The van der Waals surface area contributed by atoms with Gasteiger partial charge in [0.05, 0.1) is 18.4 Å². The second-order valence-corrected chi connectivity index (χ2v) is 6.88. The Morgan fingerprint density at radius 3 is 2.57 bits per heavy atom. The standard InChI is InChI=1S/C23H21ClN2O4/c1-15(25-26-23(28)19-13-18(24)9-10-20(19)27)17-8-11-21(22(12-17)29-2)30-14-16-6-4-3-5-7-16/h3-13,27H,14H2,1-2H3,(H,26,28). The van der Waals surface area contributed by atoms with Crippen molar-refractivity contribution in [3.63, 3.8) is 0 Å². The number of nitrogens with one attached hydrogen (secondary N) is 1. The summed E-state index contributed by atoms with van der Waals surface area (Å²) in [7, 11) is 1.56. The molecule has 3 aromatic rings. The van der Waals surface area contributed by atoms with Crippen molar-refractivity contribution in [3.05, 3.63) is 88.4 Å². The molecule has 1 amide bonds. The highest BCUT2D eigenvalue weighted by molar-refractivity contribution is 6.31. The van der Waals surface area contributed by atoms with Crippen molar-refractivity contribution in [2.75, 3.05) is 7.11 Å². The molecule has 6 nitrogen and oxygen atoms in total. The van der Waals surface area contributed by atoms with Crippen molar-refractivity contribution in [1.29, 1.82) is 0 Å². The summed E-state index contributed by atoms with van der Waals surface area (Å²) >= 11 is 5.88. The Kier molecular flexibility index (Phi) is 6.93. The van der Waals surface area contributed by atoms with Gasteiger partial charge < -0.3 is 14.6 Å². The molecule has 0 bridgehead atoms. The lowest BCUT2D eigenvalue weighted by Gasteiger charge is -2.12. The number of phenolic OH excluding ortho intramolecular Hbond substituents is 1. The van der Waals surface area contributed by atoms with Crippen LogP contribution in [0.5, 0.6) is 17.2 Å². The number of methoxy groups -OCH3 is 1. The molecule has 0 aliphatic heterocycles. The fourth-order valence-corrected chi connectivity index (χ4v) is 2.87. The average molecular weight is 425 g/mol. The third-order valence-corrected chi connectivity index (χ3v) is 4.58. The fourth-order valence-electron chi connectivity index (χ4n) is 2.70. The summed E-state index contributed by atoms with van der Waals surface area (Å²) in [6, 6.07) is 19.4. The number of carbonyl (C=O) groups is 1. The van der Waals surface area contributed by atoms with E-state index in [0.717, 1.165) is 11.1 Å². The van der Waals surface area contributed by atoms with Crippen LogP contribution in [0.25, 0.3) is 0 Å². The Labute approximate surface area is 179 Å². The summed E-state index contributed by atoms with van der Waals surface area (Å²) in [5.74, 6) is 0.415. The zero-order valence-corrected chi connectivity index (χ0v) is 17.3. The van der Waals surface area contributed by atoms with Gasteiger partial charge in [0.15, 0.2) is 11.5 Å². The second kappa shape index (κ2) is 9.80. The van der Waals surface area contributed by atoms with Crippen LogP contribution in [0.15, 0.2) is 71.8 Å². The summed E-state index contributed by atoms with van der Waals surface area (Å²) in [6.07, 6.45) is 0. The van der Waals surface area contributed by atoms with E-state index in [9.17, 15) is 9.90 Å². The number of ether oxygens (including phenoxy) is 2. The van der Waals surface area contributed by atoms with Gasteiger partial charge >= 0.3 is 0 Å². The van der Waals surface area contributed by atoms with E-state index >= 15 is 0 Å². The molecule has 3 aromatic carbocycles. The normalized spacial score (nSPS) is 11.1. The van der Waals surface area contributed by atoms with Crippen LogP contribution in [-0.4, -0.2) is 23.8 Å². The predicted molar refractivity (Wildman–Crippen MR) is 117 cm³/mol. The van der Waals surface area contributed by atoms with Crippen LogP contribution in [0.3, 0.4) is 0 Å². The highest BCUT2D eigenvalue weighted by atomic mass is 35.5. The molecule has 0 spiro atoms. The first kappa shape index (κ1) is 21.2. The molecule has 0 unspecified atom stereocenters. The maximum atomic E-state index is 12.3. The molecule has 0 saturated heterocycles. The lowest BCUT2D eigenvalue weighted by molar-refractivity contribution is 0.0952. The van der Waals surface area contributed by atoms with Crippen LogP contribution in [0.1, 0.15) is 28.4 Å². The number of hydrazone groups is 1. The van der Waals surface area contributed by atoms with Crippen LogP contribution in [0.2, 0.25) is 5.02 Å². The minimum atomic E-state index is -0.566. The Morgan fingerprint density at radius 1 is 1.07 bits per heavy atom. The smallest absolute Gasteiger partial charge is 0.275 e. The van der Waals surface area contributed by atoms with E-state index < -0.39 is 5.91 Å². The number of phenols is 1. The van der Waals surface area contributed by atoms with Gasteiger partial charge in [-0.15, -0.1) is 0 Å². The number of hydrogen-bond acceptors (Lipinski definition) is 5. The van der Waals surface area contributed by atoms with Crippen molar-refractivity contribution in [3.8, 4) is 17.2 Å². The van der Waals surface area contributed by atoms with Crippen molar-refractivity contribution in [1.82, 2.24) is 5.43 Å². The van der Waals surface area contributed by atoms with E-state index in [2.05, 4.69) is 10.5 Å². The number of aromatic hydroxyl groups is 1. The van der Waals surface area contributed by atoms with Crippen molar-refractivity contribution in [2.45, 2.75) is 13.5 Å². The van der Waals surface area contributed by atoms with Crippen LogP contribution < -0.4 is 14.9 Å². The molecule has 0 aromatic heterocycles. The number of halogens is 1. The van der Waals surface area contributed by atoms with Gasteiger partial charge in [0.2, 0.25) is 0 Å². The molecule has 7 heteroatoms. The van der Waals surface area contributed by atoms with Gasteiger partial charge in [0.1, 0.15) is 12.4 Å². The van der Waals surface area contributed by atoms with Gasteiger partial charge in [-0.3, -0.25) is 4.79 Å². The van der Waals surface area contributed by atoms with Gasteiger partial charge in [0, 0.05) is 10.6 Å². The van der Waals surface area contributed by atoms with Crippen molar-refractivity contribution < 1.29 is 19.4 Å². The Morgan fingerprint density at radius 2 is 1.83 bits per heavy atom. The van der Waals surface area contributed by atoms with E-state index in [1.54, 1.807) is 26.2 Å². The molecule has 0 aliphatic rings. The van der Waals surface area contributed by atoms with E-state index in [1.165, 1.54) is 18.2 Å². The zero-order valence-electron chi connectivity index (χ0n) is 16.6. The number of benzene rings is 3. The first-order valence-corrected chi connectivity index (χ1v) is 9.54. The molecule has 0 saturated carbocycles. The highest BCUT2D eigenvalue weighted by Crippen LogP contribution is 2.29. The molecule has 0 fully saturated rings. The van der Waals surface area contributed by atoms with E-state index in [1.807, 2.05) is 36.4 Å². The topological polar surface area (TPSA) is 80.2 Å². The third-order valence-electron chi connectivity index (χ3n) is 4.35. The molecule has 0 atom stereocenters. The Bertz CT molecular complexity index is 1070. The Hall–Kier alpha value is -3.51. The van der Waals surface area contributed by atoms with Gasteiger partial charge in [-0.2, -0.15) is 5.10 Å². The molecule has 30 heavy (non-hydrogen) atoms. The monoisotopic (exact) mass is 424 g/mol. The number of nitrogens with zero attached hydrogens (tertiary/aromatic N) is 1. The average Bonchev–Trinajstić information content (AvgIpc) is 2.78. The van der Waals surface area contributed by atoms with Crippen LogP contribution in [-0.2, 0) is 6.61 Å². The quantitative estimate of drug-likeness (QED) is 0.422.